The fourth-order valence-electron chi connectivity index (χ4n) is 2.13. The smallest absolute Gasteiger partial charge is 0.167 e. The van der Waals surface area contributed by atoms with E-state index in [1.54, 1.807) is 0 Å². The molecule has 0 fully saturated rings. The van der Waals surface area contributed by atoms with Crippen LogP contribution in [0, 0.1) is 13.8 Å². The Morgan fingerprint density at radius 3 is 2.11 bits per heavy atom. The molecule has 0 atom stereocenters. The van der Waals surface area contributed by atoms with E-state index in [0.717, 1.165) is 26.7 Å². The molecule has 2 aromatic rings. The first kappa shape index (κ1) is 13.0. The highest BCUT2D eigenvalue weighted by Gasteiger charge is 2.12. The predicted octanol–water partition coefficient (Wildman–Crippen LogP) is 4.49. The third-order valence-electron chi connectivity index (χ3n) is 3.04. The fraction of sp³-hybridized carbons (Fsp3) is 0.188. The summed E-state index contributed by atoms with van der Waals surface area (Å²) in [6.45, 7) is 3.98. The summed E-state index contributed by atoms with van der Waals surface area (Å²) in [7, 11) is 0. The second-order valence-corrected chi connectivity index (χ2v) is 5.41. The zero-order valence-electron chi connectivity index (χ0n) is 10.5. The molecule has 0 saturated carbocycles. The molecule has 0 unspecified atom stereocenters. The van der Waals surface area contributed by atoms with Crippen LogP contribution in [0.1, 0.15) is 27.0 Å². The van der Waals surface area contributed by atoms with Gasteiger partial charge in [0.05, 0.1) is 0 Å². The number of aryl methyl sites for hydroxylation is 2. The normalized spacial score (nSPS) is 10.4. The van der Waals surface area contributed by atoms with Gasteiger partial charge in [-0.25, -0.2) is 0 Å². The second-order valence-electron chi connectivity index (χ2n) is 4.49. The van der Waals surface area contributed by atoms with Gasteiger partial charge in [0.15, 0.2) is 5.78 Å². The zero-order chi connectivity index (χ0) is 13.1. The molecule has 0 spiro atoms. The van der Waals surface area contributed by atoms with E-state index in [9.17, 15) is 4.79 Å². The topological polar surface area (TPSA) is 17.1 Å². The van der Waals surface area contributed by atoms with Gasteiger partial charge >= 0.3 is 0 Å². The van der Waals surface area contributed by atoms with Crippen molar-refractivity contribution in [1.29, 1.82) is 0 Å². The average molecular weight is 303 g/mol. The molecule has 0 radical (unpaired) electrons. The minimum atomic E-state index is 0.188. The molecular formula is C16H15BrO. The van der Waals surface area contributed by atoms with Crippen molar-refractivity contribution in [2.24, 2.45) is 0 Å². The van der Waals surface area contributed by atoms with E-state index in [4.69, 9.17) is 0 Å². The van der Waals surface area contributed by atoms with Crippen molar-refractivity contribution in [2.45, 2.75) is 20.3 Å². The Morgan fingerprint density at radius 1 is 1.00 bits per heavy atom. The van der Waals surface area contributed by atoms with E-state index in [0.29, 0.717) is 6.42 Å². The summed E-state index contributed by atoms with van der Waals surface area (Å²) in [6, 6.07) is 13.9. The molecule has 0 aliphatic carbocycles. The van der Waals surface area contributed by atoms with Crippen molar-refractivity contribution in [3.05, 3.63) is 69.2 Å². The van der Waals surface area contributed by atoms with Gasteiger partial charge in [-0.3, -0.25) is 4.79 Å². The Hall–Kier alpha value is -1.41. The first-order valence-corrected chi connectivity index (χ1v) is 6.71. The van der Waals surface area contributed by atoms with E-state index in [1.165, 1.54) is 0 Å². The Kier molecular flexibility index (Phi) is 3.97. The molecule has 0 bridgehead atoms. The van der Waals surface area contributed by atoms with E-state index < -0.39 is 0 Å². The highest BCUT2D eigenvalue weighted by molar-refractivity contribution is 9.10. The SMILES string of the molecule is Cc1cccc(C)c1C(=O)Cc1ccc(Br)cc1. The van der Waals surface area contributed by atoms with E-state index in [2.05, 4.69) is 15.9 Å². The first-order chi connectivity index (χ1) is 8.58. The Bertz CT molecular complexity index is 550. The van der Waals surface area contributed by atoms with Crippen LogP contribution in [0.25, 0.3) is 0 Å². The third kappa shape index (κ3) is 2.88. The van der Waals surface area contributed by atoms with Gasteiger partial charge in [-0.1, -0.05) is 46.3 Å². The Morgan fingerprint density at radius 2 is 1.56 bits per heavy atom. The van der Waals surface area contributed by atoms with Gasteiger partial charge in [-0.15, -0.1) is 0 Å². The van der Waals surface area contributed by atoms with Gasteiger partial charge in [-0.05, 0) is 42.7 Å². The molecule has 2 heteroatoms. The lowest BCUT2D eigenvalue weighted by Crippen LogP contribution is -2.07. The maximum atomic E-state index is 12.3. The number of benzene rings is 2. The maximum Gasteiger partial charge on any atom is 0.167 e. The standard InChI is InChI=1S/C16H15BrO/c1-11-4-3-5-12(2)16(11)15(18)10-13-6-8-14(17)9-7-13/h3-9H,10H2,1-2H3. The molecule has 2 aromatic carbocycles. The molecular weight excluding hydrogens is 288 g/mol. The van der Waals surface area contributed by atoms with Crippen molar-refractivity contribution >= 4 is 21.7 Å². The average Bonchev–Trinajstić information content (AvgIpc) is 2.32. The predicted molar refractivity (Wildman–Crippen MR) is 78.1 cm³/mol. The summed E-state index contributed by atoms with van der Waals surface area (Å²) >= 11 is 3.39. The van der Waals surface area contributed by atoms with Crippen molar-refractivity contribution in [1.82, 2.24) is 0 Å². The van der Waals surface area contributed by atoms with E-state index in [1.807, 2.05) is 56.3 Å². The molecule has 0 aromatic heterocycles. The highest BCUT2D eigenvalue weighted by atomic mass is 79.9. The Labute approximate surface area is 116 Å². The van der Waals surface area contributed by atoms with E-state index >= 15 is 0 Å². The quantitative estimate of drug-likeness (QED) is 0.763. The summed E-state index contributed by atoms with van der Waals surface area (Å²) in [5.74, 6) is 0.188. The van der Waals surface area contributed by atoms with Crippen molar-refractivity contribution in [3.8, 4) is 0 Å². The lowest BCUT2D eigenvalue weighted by Gasteiger charge is -2.08. The number of Topliss-reactive ketones (excluding diaryl/α,β-unsaturated/α-hetero) is 1. The summed E-state index contributed by atoms with van der Waals surface area (Å²) in [5.41, 5.74) is 4.01. The molecule has 0 aliphatic rings. The lowest BCUT2D eigenvalue weighted by atomic mass is 9.95. The number of hydrogen-bond donors (Lipinski definition) is 0. The number of rotatable bonds is 3. The van der Waals surface area contributed by atoms with E-state index in [-0.39, 0.29) is 5.78 Å². The highest BCUT2D eigenvalue weighted by Crippen LogP contribution is 2.17. The summed E-state index contributed by atoms with van der Waals surface area (Å²) in [4.78, 5) is 12.3. The number of carbonyl (C=O) groups excluding carboxylic acids is 1. The van der Waals surface area contributed by atoms with Crippen molar-refractivity contribution in [2.75, 3.05) is 0 Å². The van der Waals surface area contributed by atoms with Gasteiger partial charge in [0.2, 0.25) is 0 Å². The summed E-state index contributed by atoms with van der Waals surface area (Å²) < 4.78 is 1.03. The number of hydrogen-bond acceptors (Lipinski definition) is 1. The van der Waals surface area contributed by atoms with Crippen molar-refractivity contribution in [3.63, 3.8) is 0 Å². The number of ketones is 1. The van der Waals surface area contributed by atoms with Crippen LogP contribution in [0.5, 0.6) is 0 Å². The molecule has 1 nitrogen and oxygen atoms in total. The fourth-order valence-corrected chi connectivity index (χ4v) is 2.39. The van der Waals surface area contributed by atoms with Gasteiger partial charge in [0, 0.05) is 16.5 Å². The van der Waals surface area contributed by atoms with Gasteiger partial charge in [0.1, 0.15) is 0 Å². The number of halogens is 1. The molecule has 2 rings (SSSR count). The zero-order valence-corrected chi connectivity index (χ0v) is 12.1. The molecule has 0 saturated heterocycles. The monoisotopic (exact) mass is 302 g/mol. The molecule has 0 N–H and O–H groups in total. The summed E-state index contributed by atoms with van der Waals surface area (Å²) in [6.07, 6.45) is 0.457. The number of carbonyl (C=O) groups is 1. The minimum Gasteiger partial charge on any atom is -0.294 e. The van der Waals surface area contributed by atoms with Crippen LogP contribution in [0.3, 0.4) is 0 Å². The largest absolute Gasteiger partial charge is 0.294 e. The maximum absolute atomic E-state index is 12.3. The molecule has 18 heavy (non-hydrogen) atoms. The van der Waals surface area contributed by atoms with Crippen LogP contribution in [0.2, 0.25) is 0 Å². The molecule has 0 heterocycles. The summed E-state index contributed by atoms with van der Waals surface area (Å²) in [5, 5.41) is 0. The van der Waals surface area contributed by atoms with Gasteiger partial charge < -0.3 is 0 Å². The first-order valence-electron chi connectivity index (χ1n) is 5.92. The molecule has 0 amide bonds. The van der Waals surface area contributed by atoms with Crippen LogP contribution < -0.4 is 0 Å². The van der Waals surface area contributed by atoms with Crippen LogP contribution in [0.15, 0.2) is 46.9 Å². The van der Waals surface area contributed by atoms with Crippen molar-refractivity contribution < 1.29 is 4.79 Å². The second kappa shape index (κ2) is 5.49. The van der Waals surface area contributed by atoms with Crippen LogP contribution in [-0.2, 0) is 6.42 Å². The van der Waals surface area contributed by atoms with Crippen LogP contribution in [0.4, 0.5) is 0 Å². The van der Waals surface area contributed by atoms with Gasteiger partial charge in [0.25, 0.3) is 0 Å². The minimum absolute atomic E-state index is 0.188. The third-order valence-corrected chi connectivity index (χ3v) is 3.57. The van der Waals surface area contributed by atoms with Gasteiger partial charge in [-0.2, -0.15) is 0 Å². The molecule has 0 aliphatic heterocycles. The van der Waals surface area contributed by atoms with Crippen LogP contribution >= 0.6 is 15.9 Å². The lowest BCUT2D eigenvalue weighted by molar-refractivity contribution is 0.0992. The van der Waals surface area contributed by atoms with Crippen LogP contribution in [-0.4, -0.2) is 5.78 Å². The Balaban J connectivity index is 2.25. The molecule has 92 valence electrons.